The highest BCUT2D eigenvalue weighted by molar-refractivity contribution is 5.90. The molecule has 0 aliphatic rings. The Bertz CT molecular complexity index is 862. The number of Topliss-reactive ketones (excluding diaryl/α,β-unsaturated/α-hetero) is 2. The lowest BCUT2D eigenvalue weighted by molar-refractivity contribution is -0.141. The Kier molecular flexibility index (Phi) is 15.4. The quantitative estimate of drug-likeness (QED) is 0.380. The Balaban J connectivity index is 0.000000712. The van der Waals surface area contributed by atoms with Crippen LogP contribution in [-0.4, -0.2) is 63.0 Å². The van der Waals surface area contributed by atoms with E-state index >= 15 is 0 Å². The summed E-state index contributed by atoms with van der Waals surface area (Å²) in [6, 6.07) is 4.85. The van der Waals surface area contributed by atoms with Crippen molar-refractivity contribution in [3.63, 3.8) is 0 Å². The van der Waals surface area contributed by atoms with Crippen LogP contribution < -0.4 is 9.47 Å². The molecule has 0 amide bonds. The summed E-state index contributed by atoms with van der Waals surface area (Å²) in [6.45, 7) is 3.22. The van der Waals surface area contributed by atoms with Crippen LogP contribution in [0.25, 0.3) is 0 Å². The van der Waals surface area contributed by atoms with Crippen LogP contribution in [-0.2, 0) is 28.7 Å². The molecular weight excluding hydrogens is 460 g/mol. The fourth-order valence-electron chi connectivity index (χ4n) is 3.22. The summed E-state index contributed by atoms with van der Waals surface area (Å²) in [6.07, 6.45) is 1.23. The third-order valence-electron chi connectivity index (χ3n) is 5.41. The zero-order valence-corrected chi connectivity index (χ0v) is 21.3. The molecule has 1 aromatic carbocycles. The molecule has 1 aromatic rings. The summed E-state index contributed by atoms with van der Waals surface area (Å²) in [4.78, 5) is 56.5. The molecule has 0 bridgehead atoms. The number of benzene rings is 1. The van der Waals surface area contributed by atoms with Gasteiger partial charge in [-0.25, -0.2) is 4.79 Å². The van der Waals surface area contributed by atoms with Gasteiger partial charge in [-0.05, 0) is 44.4 Å². The van der Waals surface area contributed by atoms with Crippen molar-refractivity contribution in [3.8, 4) is 11.5 Å². The van der Waals surface area contributed by atoms with Crippen LogP contribution in [0, 0.1) is 11.8 Å². The molecule has 1 N–H and O–H groups in total. The van der Waals surface area contributed by atoms with Gasteiger partial charge in [-0.1, -0.05) is 6.92 Å². The lowest BCUT2D eigenvalue weighted by atomic mass is 9.86. The van der Waals surface area contributed by atoms with Gasteiger partial charge in [0.1, 0.15) is 11.6 Å². The van der Waals surface area contributed by atoms with Gasteiger partial charge in [0, 0.05) is 31.1 Å². The number of ketones is 2. The molecule has 10 heteroatoms. The normalized spacial score (nSPS) is 11.7. The van der Waals surface area contributed by atoms with E-state index in [1.165, 1.54) is 35.4 Å². The SMILES string of the molecule is CC[C@@H](CCC(=O)OC)C(=O)C[C@@H](CCC(=O)O)C(C)=O.COC(=O)c1ccc(OC)c(OC)c1. The largest absolute Gasteiger partial charge is 0.493 e. The molecular formula is C25H36O10. The number of carboxylic acids is 1. The first-order valence-electron chi connectivity index (χ1n) is 11.2. The maximum Gasteiger partial charge on any atom is 0.337 e. The molecule has 0 fully saturated rings. The van der Waals surface area contributed by atoms with E-state index in [0.29, 0.717) is 29.9 Å². The number of hydrogen-bond donors (Lipinski definition) is 1. The van der Waals surface area contributed by atoms with Crippen molar-refractivity contribution in [1.82, 2.24) is 0 Å². The highest BCUT2D eigenvalue weighted by Gasteiger charge is 2.24. The van der Waals surface area contributed by atoms with Gasteiger partial charge >= 0.3 is 17.9 Å². The number of esters is 2. The van der Waals surface area contributed by atoms with Crippen LogP contribution in [0.1, 0.15) is 62.7 Å². The monoisotopic (exact) mass is 496 g/mol. The van der Waals surface area contributed by atoms with Crippen LogP contribution in [0.4, 0.5) is 0 Å². The van der Waals surface area contributed by atoms with Crippen LogP contribution >= 0.6 is 0 Å². The summed E-state index contributed by atoms with van der Waals surface area (Å²) in [5.74, 6) is -1.76. The number of rotatable bonds is 14. The Labute approximate surface area is 205 Å². The maximum atomic E-state index is 12.2. The van der Waals surface area contributed by atoms with E-state index in [0.717, 1.165) is 0 Å². The minimum atomic E-state index is -0.980. The minimum absolute atomic E-state index is 0.0439. The minimum Gasteiger partial charge on any atom is -0.493 e. The second kappa shape index (κ2) is 17.1. The standard InChI is InChI=1S/C15H24O6.C10H12O4/c1-4-11(6-8-15(20)21-3)13(17)9-12(10(2)16)5-7-14(18)19;1-12-8-5-4-7(10(11)14-3)6-9(8)13-2/h11-12H,4-9H2,1-3H3,(H,18,19);4-6H,1-3H3/t11-,12+;/m0./s1. The molecule has 0 saturated heterocycles. The molecule has 10 nitrogen and oxygen atoms in total. The van der Waals surface area contributed by atoms with E-state index in [4.69, 9.17) is 14.6 Å². The Morgan fingerprint density at radius 1 is 0.857 bits per heavy atom. The van der Waals surface area contributed by atoms with E-state index in [-0.39, 0.29) is 49.1 Å². The molecule has 0 unspecified atom stereocenters. The van der Waals surface area contributed by atoms with Crippen molar-refractivity contribution in [1.29, 1.82) is 0 Å². The predicted molar refractivity (Wildman–Crippen MR) is 127 cm³/mol. The Hall–Kier alpha value is -3.43. The van der Waals surface area contributed by atoms with Gasteiger partial charge in [0.15, 0.2) is 11.5 Å². The molecule has 0 spiro atoms. The highest BCUT2D eigenvalue weighted by Crippen LogP contribution is 2.27. The molecule has 2 atom stereocenters. The molecule has 196 valence electrons. The summed E-state index contributed by atoms with van der Waals surface area (Å²) in [5.41, 5.74) is 0.435. The summed E-state index contributed by atoms with van der Waals surface area (Å²) in [7, 11) is 5.68. The van der Waals surface area contributed by atoms with Crippen molar-refractivity contribution in [2.24, 2.45) is 11.8 Å². The highest BCUT2D eigenvalue weighted by atomic mass is 16.5. The van der Waals surface area contributed by atoms with Gasteiger partial charge < -0.3 is 24.1 Å². The van der Waals surface area contributed by atoms with Crippen LogP contribution in [0.15, 0.2) is 18.2 Å². The number of carbonyl (C=O) groups excluding carboxylic acids is 4. The topological polar surface area (TPSA) is 142 Å². The van der Waals surface area contributed by atoms with Gasteiger partial charge in [-0.2, -0.15) is 0 Å². The van der Waals surface area contributed by atoms with Gasteiger partial charge in [-0.3, -0.25) is 19.2 Å². The Morgan fingerprint density at radius 2 is 1.46 bits per heavy atom. The van der Waals surface area contributed by atoms with Crippen molar-refractivity contribution in [2.75, 3.05) is 28.4 Å². The summed E-state index contributed by atoms with van der Waals surface area (Å²) in [5, 5.41) is 8.66. The van der Waals surface area contributed by atoms with Gasteiger partial charge in [0.2, 0.25) is 0 Å². The molecule has 1 rings (SSSR count). The molecule has 0 aliphatic carbocycles. The molecule has 0 heterocycles. The smallest absolute Gasteiger partial charge is 0.337 e. The van der Waals surface area contributed by atoms with Crippen molar-refractivity contribution in [2.45, 2.75) is 52.4 Å². The predicted octanol–water partition coefficient (Wildman–Crippen LogP) is 3.49. The number of carboxylic acid groups (broad SMARTS) is 1. The zero-order chi connectivity index (χ0) is 27.0. The Morgan fingerprint density at radius 3 is 1.91 bits per heavy atom. The first kappa shape index (κ1) is 31.6. The average Bonchev–Trinajstić information content (AvgIpc) is 2.85. The van der Waals surface area contributed by atoms with E-state index in [1.54, 1.807) is 18.2 Å². The lowest BCUT2D eigenvalue weighted by Gasteiger charge is -2.17. The second-order valence-electron chi connectivity index (χ2n) is 7.69. The summed E-state index contributed by atoms with van der Waals surface area (Å²) >= 11 is 0. The maximum absolute atomic E-state index is 12.2. The molecule has 0 saturated carbocycles. The van der Waals surface area contributed by atoms with Crippen LogP contribution in [0.5, 0.6) is 11.5 Å². The van der Waals surface area contributed by atoms with E-state index in [2.05, 4.69) is 9.47 Å². The van der Waals surface area contributed by atoms with Crippen molar-refractivity contribution >= 4 is 29.5 Å². The van der Waals surface area contributed by atoms with Gasteiger partial charge in [0.05, 0.1) is 34.0 Å². The third-order valence-corrected chi connectivity index (χ3v) is 5.41. The fraction of sp³-hybridized carbons (Fsp3) is 0.560. The second-order valence-corrected chi connectivity index (χ2v) is 7.69. The van der Waals surface area contributed by atoms with Crippen molar-refractivity contribution < 1.29 is 48.0 Å². The van der Waals surface area contributed by atoms with E-state index < -0.39 is 17.9 Å². The first-order valence-corrected chi connectivity index (χ1v) is 11.2. The van der Waals surface area contributed by atoms with E-state index in [9.17, 15) is 24.0 Å². The van der Waals surface area contributed by atoms with Gasteiger partial charge in [0.25, 0.3) is 0 Å². The number of carbonyl (C=O) groups is 5. The molecule has 0 aromatic heterocycles. The van der Waals surface area contributed by atoms with Gasteiger partial charge in [-0.15, -0.1) is 0 Å². The number of methoxy groups -OCH3 is 4. The first-order chi connectivity index (χ1) is 16.5. The summed E-state index contributed by atoms with van der Waals surface area (Å²) < 4.78 is 19.2. The van der Waals surface area contributed by atoms with Crippen LogP contribution in [0.3, 0.4) is 0 Å². The van der Waals surface area contributed by atoms with E-state index in [1.807, 2.05) is 6.92 Å². The number of hydrogen-bond acceptors (Lipinski definition) is 9. The number of ether oxygens (including phenoxy) is 4. The average molecular weight is 497 g/mol. The number of aliphatic carboxylic acids is 1. The molecule has 35 heavy (non-hydrogen) atoms. The third kappa shape index (κ3) is 12.0. The molecule has 0 aliphatic heterocycles. The van der Waals surface area contributed by atoms with Crippen LogP contribution in [0.2, 0.25) is 0 Å². The fourth-order valence-corrected chi connectivity index (χ4v) is 3.22. The zero-order valence-electron chi connectivity index (χ0n) is 21.3. The van der Waals surface area contributed by atoms with Crippen molar-refractivity contribution in [3.05, 3.63) is 23.8 Å². The molecule has 0 radical (unpaired) electrons. The lowest BCUT2D eigenvalue weighted by Crippen LogP contribution is -2.23.